The van der Waals surface area contributed by atoms with Crippen LogP contribution < -0.4 is 5.73 Å². The first-order chi connectivity index (χ1) is 8.72. The predicted molar refractivity (Wildman–Crippen MR) is 78.6 cm³/mol. The van der Waals surface area contributed by atoms with Gasteiger partial charge in [0.25, 0.3) is 0 Å². The molecular weight excluding hydrogens is 220 g/mol. The molecule has 2 aliphatic rings. The van der Waals surface area contributed by atoms with E-state index in [1.54, 1.807) is 0 Å². The molecule has 1 aliphatic heterocycles. The molecule has 2 fully saturated rings. The van der Waals surface area contributed by atoms with Crippen LogP contribution in [0.4, 0.5) is 0 Å². The van der Waals surface area contributed by atoms with Crippen molar-refractivity contribution < 1.29 is 0 Å². The Morgan fingerprint density at radius 1 is 1.00 bits per heavy atom. The van der Waals surface area contributed by atoms with Gasteiger partial charge in [-0.25, -0.2) is 0 Å². The van der Waals surface area contributed by atoms with Crippen molar-refractivity contribution in [1.82, 2.24) is 4.90 Å². The van der Waals surface area contributed by atoms with Crippen LogP contribution in [0, 0.1) is 11.8 Å². The van der Waals surface area contributed by atoms with Crippen LogP contribution in [0.25, 0.3) is 0 Å². The Labute approximate surface area is 113 Å². The topological polar surface area (TPSA) is 29.3 Å². The van der Waals surface area contributed by atoms with E-state index in [0.717, 1.165) is 24.4 Å². The lowest BCUT2D eigenvalue weighted by Gasteiger charge is -2.41. The maximum absolute atomic E-state index is 6.14. The second-order valence-corrected chi connectivity index (χ2v) is 6.76. The SMILES string of the molecule is CC1CCC(C(CN)N2CCCCCC2C)CC1. The largest absolute Gasteiger partial charge is 0.329 e. The molecule has 2 unspecified atom stereocenters. The van der Waals surface area contributed by atoms with Gasteiger partial charge in [0.05, 0.1) is 0 Å². The number of rotatable bonds is 3. The highest BCUT2D eigenvalue weighted by Crippen LogP contribution is 2.33. The van der Waals surface area contributed by atoms with Gasteiger partial charge < -0.3 is 5.73 Å². The first-order valence-corrected chi connectivity index (χ1v) is 8.18. The van der Waals surface area contributed by atoms with Crippen molar-refractivity contribution in [3.63, 3.8) is 0 Å². The Balaban J connectivity index is 1.97. The molecule has 0 amide bonds. The van der Waals surface area contributed by atoms with E-state index < -0.39 is 0 Å². The van der Waals surface area contributed by atoms with E-state index in [4.69, 9.17) is 5.73 Å². The molecule has 2 N–H and O–H groups in total. The Kier molecular flexibility index (Phi) is 5.50. The molecule has 0 aromatic carbocycles. The Morgan fingerprint density at radius 3 is 2.39 bits per heavy atom. The maximum atomic E-state index is 6.14. The van der Waals surface area contributed by atoms with Gasteiger partial charge in [0.15, 0.2) is 0 Å². The molecule has 1 aliphatic carbocycles. The number of likely N-dealkylation sites (tertiary alicyclic amines) is 1. The molecule has 0 bridgehead atoms. The zero-order valence-electron chi connectivity index (χ0n) is 12.4. The lowest BCUT2D eigenvalue weighted by molar-refractivity contribution is 0.0812. The predicted octanol–water partition coefficient (Wildman–Crippen LogP) is 3.40. The molecule has 2 nitrogen and oxygen atoms in total. The molecule has 2 rings (SSSR count). The Hall–Kier alpha value is -0.0800. The van der Waals surface area contributed by atoms with Gasteiger partial charge in [-0.3, -0.25) is 4.90 Å². The molecule has 1 saturated carbocycles. The summed E-state index contributed by atoms with van der Waals surface area (Å²) in [5.41, 5.74) is 6.14. The first-order valence-electron chi connectivity index (χ1n) is 8.18. The van der Waals surface area contributed by atoms with Gasteiger partial charge in [0, 0.05) is 18.6 Å². The summed E-state index contributed by atoms with van der Waals surface area (Å²) in [5, 5.41) is 0. The van der Waals surface area contributed by atoms with E-state index in [0.29, 0.717) is 6.04 Å². The van der Waals surface area contributed by atoms with Gasteiger partial charge in [0.1, 0.15) is 0 Å². The highest BCUT2D eigenvalue weighted by atomic mass is 15.2. The maximum Gasteiger partial charge on any atom is 0.0249 e. The van der Waals surface area contributed by atoms with Crippen LogP contribution >= 0.6 is 0 Å². The van der Waals surface area contributed by atoms with Crippen LogP contribution in [0.2, 0.25) is 0 Å². The first kappa shape index (κ1) is 14.3. The standard InChI is InChI=1S/C16H32N2/c1-13-7-9-15(10-8-13)16(12-17)18-11-5-3-4-6-14(18)2/h13-16H,3-12,17H2,1-2H3. The summed E-state index contributed by atoms with van der Waals surface area (Å²) in [6.07, 6.45) is 11.2. The third-order valence-corrected chi connectivity index (χ3v) is 5.38. The van der Waals surface area contributed by atoms with E-state index in [9.17, 15) is 0 Å². The molecule has 0 radical (unpaired) electrons. The second-order valence-electron chi connectivity index (χ2n) is 6.76. The third-order valence-electron chi connectivity index (χ3n) is 5.38. The minimum atomic E-state index is 0.658. The van der Waals surface area contributed by atoms with Gasteiger partial charge >= 0.3 is 0 Å². The minimum Gasteiger partial charge on any atom is -0.329 e. The van der Waals surface area contributed by atoms with Crippen molar-refractivity contribution in [2.24, 2.45) is 17.6 Å². The van der Waals surface area contributed by atoms with Gasteiger partial charge in [-0.1, -0.05) is 32.6 Å². The molecule has 18 heavy (non-hydrogen) atoms. The molecule has 0 spiro atoms. The van der Waals surface area contributed by atoms with Crippen LogP contribution in [0.5, 0.6) is 0 Å². The van der Waals surface area contributed by atoms with Gasteiger partial charge in [-0.05, 0) is 51.0 Å². The average Bonchev–Trinajstić information content (AvgIpc) is 2.58. The third kappa shape index (κ3) is 3.48. The molecule has 1 saturated heterocycles. The van der Waals surface area contributed by atoms with Crippen LogP contribution in [-0.2, 0) is 0 Å². The van der Waals surface area contributed by atoms with Crippen LogP contribution in [0.3, 0.4) is 0 Å². The van der Waals surface area contributed by atoms with Crippen molar-refractivity contribution in [3.05, 3.63) is 0 Å². The highest BCUT2D eigenvalue weighted by Gasteiger charge is 2.32. The summed E-state index contributed by atoms with van der Waals surface area (Å²) in [5.74, 6) is 1.81. The summed E-state index contributed by atoms with van der Waals surface area (Å²) >= 11 is 0. The van der Waals surface area contributed by atoms with Crippen molar-refractivity contribution in [1.29, 1.82) is 0 Å². The number of hydrogen-bond acceptors (Lipinski definition) is 2. The van der Waals surface area contributed by atoms with Crippen molar-refractivity contribution >= 4 is 0 Å². The monoisotopic (exact) mass is 252 g/mol. The van der Waals surface area contributed by atoms with Gasteiger partial charge in [-0.2, -0.15) is 0 Å². The smallest absolute Gasteiger partial charge is 0.0249 e. The molecule has 2 heteroatoms. The number of nitrogens with two attached hydrogens (primary N) is 1. The second kappa shape index (κ2) is 6.91. The molecule has 2 atom stereocenters. The van der Waals surface area contributed by atoms with Crippen LogP contribution in [0.1, 0.15) is 65.2 Å². The van der Waals surface area contributed by atoms with E-state index >= 15 is 0 Å². The summed E-state index contributed by atoms with van der Waals surface area (Å²) in [6, 6.07) is 1.41. The fourth-order valence-corrected chi connectivity index (χ4v) is 4.06. The lowest BCUT2D eigenvalue weighted by Crippen LogP contribution is -2.50. The Bertz CT molecular complexity index is 233. The van der Waals surface area contributed by atoms with Crippen molar-refractivity contribution in [2.75, 3.05) is 13.1 Å². The lowest BCUT2D eigenvalue weighted by atomic mass is 9.78. The summed E-state index contributed by atoms with van der Waals surface area (Å²) in [6.45, 7) is 6.97. The number of nitrogens with zero attached hydrogens (tertiary/aromatic N) is 1. The van der Waals surface area contributed by atoms with E-state index in [1.807, 2.05) is 0 Å². The Morgan fingerprint density at radius 2 is 1.72 bits per heavy atom. The number of hydrogen-bond donors (Lipinski definition) is 1. The zero-order chi connectivity index (χ0) is 13.0. The van der Waals surface area contributed by atoms with E-state index in [1.165, 1.54) is 57.9 Å². The van der Waals surface area contributed by atoms with E-state index in [2.05, 4.69) is 18.7 Å². The summed E-state index contributed by atoms with van der Waals surface area (Å²) < 4.78 is 0. The molecule has 0 aromatic heterocycles. The fourth-order valence-electron chi connectivity index (χ4n) is 4.06. The summed E-state index contributed by atoms with van der Waals surface area (Å²) in [4.78, 5) is 2.76. The average molecular weight is 252 g/mol. The molecule has 0 aromatic rings. The quantitative estimate of drug-likeness (QED) is 0.834. The van der Waals surface area contributed by atoms with Crippen molar-refractivity contribution in [2.45, 2.75) is 77.3 Å². The minimum absolute atomic E-state index is 0.658. The van der Waals surface area contributed by atoms with Crippen LogP contribution in [0.15, 0.2) is 0 Å². The fraction of sp³-hybridized carbons (Fsp3) is 1.00. The van der Waals surface area contributed by atoms with Crippen molar-refractivity contribution in [3.8, 4) is 0 Å². The molecule has 1 heterocycles. The zero-order valence-corrected chi connectivity index (χ0v) is 12.4. The van der Waals surface area contributed by atoms with Crippen LogP contribution in [-0.4, -0.2) is 30.1 Å². The molecular formula is C16H32N2. The molecule has 106 valence electrons. The van der Waals surface area contributed by atoms with Gasteiger partial charge in [-0.15, -0.1) is 0 Å². The van der Waals surface area contributed by atoms with E-state index in [-0.39, 0.29) is 0 Å². The van der Waals surface area contributed by atoms with Gasteiger partial charge in [0.2, 0.25) is 0 Å². The highest BCUT2D eigenvalue weighted by molar-refractivity contribution is 4.87. The summed E-state index contributed by atoms with van der Waals surface area (Å²) in [7, 11) is 0. The normalized spacial score (nSPS) is 37.2.